The summed E-state index contributed by atoms with van der Waals surface area (Å²) in [6, 6.07) is -0.625. The van der Waals surface area contributed by atoms with Crippen LogP contribution in [0.3, 0.4) is 0 Å². The van der Waals surface area contributed by atoms with Gasteiger partial charge in [-0.1, -0.05) is 19.8 Å². The Kier molecular flexibility index (Phi) is 3.95. The van der Waals surface area contributed by atoms with Crippen LogP contribution in [-0.2, 0) is 0 Å². The summed E-state index contributed by atoms with van der Waals surface area (Å²) >= 11 is 0. The van der Waals surface area contributed by atoms with Crippen LogP contribution in [-0.4, -0.2) is 27.0 Å². The monoisotopic (exact) mass is 226 g/mol. The first-order valence-electron chi connectivity index (χ1n) is 5.39. The van der Waals surface area contributed by atoms with Gasteiger partial charge in [-0.2, -0.15) is 0 Å². The van der Waals surface area contributed by atoms with E-state index in [-0.39, 0.29) is 23.1 Å². The maximum atomic E-state index is 11.9. The number of carbonyl (C=O) groups excluding carboxylic acids is 1. The molecule has 0 aromatic carbocycles. The molecule has 16 heavy (non-hydrogen) atoms. The van der Waals surface area contributed by atoms with E-state index in [9.17, 15) is 15.0 Å². The smallest absolute Gasteiger partial charge is 0.202 e. The van der Waals surface area contributed by atoms with E-state index in [0.29, 0.717) is 12.0 Å². The van der Waals surface area contributed by atoms with Crippen LogP contribution in [0.2, 0.25) is 0 Å². The highest BCUT2D eigenvalue weighted by atomic mass is 16.3. The molecule has 0 unspecified atom stereocenters. The van der Waals surface area contributed by atoms with E-state index >= 15 is 0 Å². The van der Waals surface area contributed by atoms with Crippen LogP contribution in [0.15, 0.2) is 0 Å². The molecule has 5 N–H and O–H groups in total. The molecule has 0 amide bonds. The third-order valence-electron chi connectivity index (χ3n) is 2.66. The van der Waals surface area contributed by atoms with Gasteiger partial charge >= 0.3 is 0 Å². The number of aromatic nitrogens is 1. The molecule has 0 saturated carbocycles. The second-order valence-electron chi connectivity index (χ2n) is 3.94. The van der Waals surface area contributed by atoms with E-state index in [0.717, 1.165) is 12.8 Å². The van der Waals surface area contributed by atoms with Crippen molar-refractivity contribution >= 4 is 5.78 Å². The van der Waals surface area contributed by atoms with Crippen molar-refractivity contribution in [2.45, 2.75) is 39.2 Å². The summed E-state index contributed by atoms with van der Waals surface area (Å²) < 4.78 is 0. The Hall–Kier alpha value is -1.49. The molecule has 5 heteroatoms. The normalized spacial score (nSPS) is 12.7. The number of Topliss-reactive ketones (excluding diaryl/α,β-unsaturated/α-hetero) is 1. The first-order valence-corrected chi connectivity index (χ1v) is 5.39. The molecule has 1 heterocycles. The number of carbonyl (C=O) groups is 1. The summed E-state index contributed by atoms with van der Waals surface area (Å²) in [6.07, 6.45) is 2.41. The lowest BCUT2D eigenvalue weighted by atomic mass is 9.99. The third-order valence-corrected chi connectivity index (χ3v) is 2.66. The SMILES string of the molecule is CCCC[C@H](N)C(=O)c1c(O)[nH]c(O)c1C. The lowest BCUT2D eigenvalue weighted by Crippen LogP contribution is -2.30. The number of nitrogens with one attached hydrogen (secondary N) is 1. The molecule has 1 aromatic rings. The lowest BCUT2D eigenvalue weighted by molar-refractivity contribution is 0.0953. The van der Waals surface area contributed by atoms with E-state index in [4.69, 9.17) is 5.73 Å². The summed E-state index contributed by atoms with van der Waals surface area (Å²) in [5, 5.41) is 18.8. The second kappa shape index (κ2) is 5.03. The summed E-state index contributed by atoms with van der Waals surface area (Å²) in [5.41, 5.74) is 6.17. The predicted octanol–water partition coefficient (Wildman–Crippen LogP) is 1.43. The van der Waals surface area contributed by atoms with Crippen LogP contribution in [0.25, 0.3) is 0 Å². The number of unbranched alkanes of at least 4 members (excludes halogenated alkanes) is 1. The number of rotatable bonds is 5. The molecule has 0 radical (unpaired) electrons. The maximum Gasteiger partial charge on any atom is 0.202 e. The molecular weight excluding hydrogens is 208 g/mol. The van der Waals surface area contributed by atoms with Gasteiger partial charge in [0.05, 0.1) is 11.6 Å². The van der Waals surface area contributed by atoms with Gasteiger partial charge in [0, 0.05) is 5.56 Å². The Balaban J connectivity index is 2.87. The largest absolute Gasteiger partial charge is 0.494 e. The minimum absolute atomic E-state index is 0.0982. The summed E-state index contributed by atoms with van der Waals surface area (Å²) in [4.78, 5) is 14.2. The van der Waals surface area contributed by atoms with Crippen molar-refractivity contribution in [2.75, 3.05) is 0 Å². The first-order chi connectivity index (χ1) is 7.49. The van der Waals surface area contributed by atoms with Gasteiger partial charge in [-0.05, 0) is 13.3 Å². The average Bonchev–Trinajstić information content (AvgIpc) is 2.49. The fourth-order valence-corrected chi connectivity index (χ4v) is 1.61. The second-order valence-corrected chi connectivity index (χ2v) is 3.94. The molecule has 0 fully saturated rings. The van der Waals surface area contributed by atoms with Gasteiger partial charge in [0.2, 0.25) is 5.88 Å². The lowest BCUT2D eigenvalue weighted by Gasteiger charge is -2.09. The van der Waals surface area contributed by atoms with E-state index in [1.807, 2.05) is 6.92 Å². The van der Waals surface area contributed by atoms with Crippen LogP contribution in [0.4, 0.5) is 0 Å². The number of aromatic amines is 1. The number of nitrogens with two attached hydrogens (primary N) is 1. The molecule has 0 aliphatic heterocycles. The minimum atomic E-state index is -0.625. The van der Waals surface area contributed by atoms with Gasteiger partial charge in [0.25, 0.3) is 0 Å². The van der Waals surface area contributed by atoms with Crippen molar-refractivity contribution in [1.29, 1.82) is 0 Å². The zero-order valence-corrected chi connectivity index (χ0v) is 9.58. The molecule has 0 aliphatic carbocycles. The van der Waals surface area contributed by atoms with Gasteiger partial charge in [-0.3, -0.25) is 9.78 Å². The molecule has 1 aromatic heterocycles. The van der Waals surface area contributed by atoms with Gasteiger partial charge in [-0.15, -0.1) is 0 Å². The molecule has 0 saturated heterocycles. The number of H-pyrrole nitrogens is 1. The Morgan fingerprint density at radius 1 is 1.44 bits per heavy atom. The van der Waals surface area contributed by atoms with Crippen LogP contribution in [0, 0.1) is 6.92 Å². The maximum absolute atomic E-state index is 11.9. The molecule has 0 spiro atoms. The molecule has 5 nitrogen and oxygen atoms in total. The van der Waals surface area contributed by atoms with Crippen molar-refractivity contribution in [1.82, 2.24) is 4.98 Å². The highest BCUT2D eigenvalue weighted by Gasteiger charge is 2.24. The van der Waals surface area contributed by atoms with Crippen molar-refractivity contribution in [3.8, 4) is 11.8 Å². The summed E-state index contributed by atoms with van der Waals surface area (Å²) in [7, 11) is 0. The van der Waals surface area contributed by atoms with E-state index < -0.39 is 6.04 Å². The van der Waals surface area contributed by atoms with E-state index in [1.165, 1.54) is 0 Å². The van der Waals surface area contributed by atoms with Crippen LogP contribution >= 0.6 is 0 Å². The van der Waals surface area contributed by atoms with Gasteiger partial charge in [0.1, 0.15) is 0 Å². The van der Waals surface area contributed by atoms with Gasteiger partial charge in [-0.25, -0.2) is 0 Å². The molecule has 1 atom stereocenters. The van der Waals surface area contributed by atoms with E-state index in [2.05, 4.69) is 4.98 Å². The van der Waals surface area contributed by atoms with Crippen LogP contribution < -0.4 is 5.73 Å². The Bertz CT molecular complexity index is 385. The topological polar surface area (TPSA) is 99.3 Å². The Morgan fingerprint density at radius 2 is 2.06 bits per heavy atom. The number of aromatic hydroxyl groups is 2. The molecule has 0 aliphatic rings. The molecular formula is C11H18N2O3. The fraction of sp³-hybridized carbons (Fsp3) is 0.545. The third kappa shape index (κ3) is 2.36. The van der Waals surface area contributed by atoms with Gasteiger partial charge < -0.3 is 15.9 Å². The Labute approximate surface area is 94.3 Å². The standard InChI is InChI=1S/C11H18N2O3/c1-3-4-5-7(12)9(14)8-6(2)10(15)13-11(8)16/h7,13,15-16H,3-5,12H2,1-2H3/t7-/m0/s1. The van der Waals surface area contributed by atoms with Gasteiger partial charge in [0.15, 0.2) is 11.7 Å². The molecule has 0 bridgehead atoms. The average molecular weight is 226 g/mol. The number of ketones is 1. The van der Waals surface area contributed by atoms with Crippen molar-refractivity contribution in [2.24, 2.45) is 5.73 Å². The van der Waals surface area contributed by atoms with E-state index in [1.54, 1.807) is 6.92 Å². The first kappa shape index (κ1) is 12.6. The molecule has 1 rings (SSSR count). The Morgan fingerprint density at radius 3 is 2.50 bits per heavy atom. The molecule has 90 valence electrons. The fourth-order valence-electron chi connectivity index (χ4n) is 1.61. The minimum Gasteiger partial charge on any atom is -0.494 e. The van der Waals surface area contributed by atoms with Crippen molar-refractivity contribution < 1.29 is 15.0 Å². The quantitative estimate of drug-likeness (QED) is 0.571. The zero-order chi connectivity index (χ0) is 12.3. The highest BCUT2D eigenvalue weighted by Crippen LogP contribution is 2.29. The highest BCUT2D eigenvalue weighted by molar-refractivity contribution is 6.03. The summed E-state index contributed by atoms with van der Waals surface area (Å²) in [6.45, 7) is 3.58. The van der Waals surface area contributed by atoms with Crippen LogP contribution in [0.5, 0.6) is 11.8 Å². The predicted molar refractivity (Wildman–Crippen MR) is 60.7 cm³/mol. The number of hydrogen-bond donors (Lipinski definition) is 4. The number of hydrogen-bond acceptors (Lipinski definition) is 4. The van der Waals surface area contributed by atoms with Crippen molar-refractivity contribution in [3.05, 3.63) is 11.1 Å². The van der Waals surface area contributed by atoms with Crippen molar-refractivity contribution in [3.63, 3.8) is 0 Å². The summed E-state index contributed by atoms with van der Waals surface area (Å²) in [5.74, 6) is -0.838. The zero-order valence-electron chi connectivity index (χ0n) is 9.58. The van der Waals surface area contributed by atoms with Crippen LogP contribution in [0.1, 0.15) is 42.1 Å².